The molecule has 0 radical (unpaired) electrons. The summed E-state index contributed by atoms with van der Waals surface area (Å²) in [5.74, 6) is -2.31. The molecule has 0 saturated heterocycles. The van der Waals surface area contributed by atoms with Gasteiger partial charge in [0.2, 0.25) is 0 Å². The quantitative estimate of drug-likeness (QED) is 0.837. The van der Waals surface area contributed by atoms with Crippen molar-refractivity contribution in [1.29, 1.82) is 0 Å². The second-order valence-electron chi connectivity index (χ2n) is 3.22. The van der Waals surface area contributed by atoms with Gasteiger partial charge in [0.15, 0.2) is 0 Å². The van der Waals surface area contributed by atoms with E-state index in [1.54, 1.807) is 13.8 Å². The van der Waals surface area contributed by atoms with Gasteiger partial charge in [-0.3, -0.25) is 4.79 Å². The number of rotatable bonds is 3. The van der Waals surface area contributed by atoms with Gasteiger partial charge in [-0.15, -0.1) is 0 Å². The average molecular weight is 292 g/mol. The van der Waals surface area contributed by atoms with Crippen LogP contribution in [0, 0.1) is 11.6 Å². The number of carbonyl (C=O) groups is 1. The number of hydrogen-bond donors (Lipinski definition) is 0. The molecule has 0 bridgehead atoms. The van der Waals surface area contributed by atoms with E-state index in [4.69, 9.17) is 0 Å². The molecule has 0 saturated carbocycles. The molecule has 0 aromatic heterocycles. The van der Waals surface area contributed by atoms with Gasteiger partial charge in [-0.2, -0.15) is 0 Å². The summed E-state index contributed by atoms with van der Waals surface area (Å²) < 4.78 is 27.2. The first-order valence-electron chi connectivity index (χ1n) is 4.95. The zero-order chi connectivity index (χ0) is 12.3. The van der Waals surface area contributed by atoms with E-state index >= 15 is 0 Å². The van der Waals surface area contributed by atoms with Crippen LogP contribution < -0.4 is 0 Å². The van der Waals surface area contributed by atoms with Crippen LogP contribution in [-0.4, -0.2) is 23.9 Å². The van der Waals surface area contributed by atoms with Gasteiger partial charge < -0.3 is 4.90 Å². The zero-order valence-electron chi connectivity index (χ0n) is 9.06. The molecule has 88 valence electrons. The first kappa shape index (κ1) is 13.1. The second kappa shape index (κ2) is 5.39. The van der Waals surface area contributed by atoms with Crippen LogP contribution in [0.3, 0.4) is 0 Å². The fraction of sp³-hybridized carbons (Fsp3) is 0.364. The Morgan fingerprint density at radius 2 is 1.69 bits per heavy atom. The Labute approximate surface area is 101 Å². The molecule has 0 aliphatic rings. The highest BCUT2D eigenvalue weighted by Crippen LogP contribution is 2.20. The summed E-state index contributed by atoms with van der Waals surface area (Å²) in [6.07, 6.45) is 0. The summed E-state index contributed by atoms with van der Waals surface area (Å²) in [7, 11) is 0. The number of halogens is 3. The molecular formula is C11H12BrF2NO. The number of hydrogen-bond acceptors (Lipinski definition) is 1. The lowest BCUT2D eigenvalue weighted by atomic mass is 10.1. The molecule has 1 rings (SSSR count). The monoisotopic (exact) mass is 291 g/mol. The Kier molecular flexibility index (Phi) is 4.41. The lowest BCUT2D eigenvalue weighted by Gasteiger charge is -2.19. The largest absolute Gasteiger partial charge is 0.339 e. The number of carbonyl (C=O) groups excluding carboxylic acids is 1. The van der Waals surface area contributed by atoms with Gasteiger partial charge in [0.25, 0.3) is 5.91 Å². The van der Waals surface area contributed by atoms with Gasteiger partial charge in [-0.25, -0.2) is 8.78 Å². The highest BCUT2D eigenvalue weighted by Gasteiger charge is 2.21. The van der Waals surface area contributed by atoms with Gasteiger partial charge in [0.05, 0.1) is 0 Å². The van der Waals surface area contributed by atoms with Crippen LogP contribution in [-0.2, 0) is 0 Å². The molecule has 1 amide bonds. The van der Waals surface area contributed by atoms with Crippen molar-refractivity contribution in [2.45, 2.75) is 13.8 Å². The van der Waals surface area contributed by atoms with Crippen molar-refractivity contribution in [1.82, 2.24) is 4.90 Å². The van der Waals surface area contributed by atoms with Crippen LogP contribution in [0.15, 0.2) is 16.6 Å². The zero-order valence-corrected chi connectivity index (χ0v) is 10.6. The molecule has 5 heteroatoms. The summed E-state index contributed by atoms with van der Waals surface area (Å²) in [6.45, 7) is 4.36. The molecule has 2 nitrogen and oxygen atoms in total. The van der Waals surface area contributed by atoms with Crippen molar-refractivity contribution in [3.8, 4) is 0 Å². The highest BCUT2D eigenvalue weighted by molar-refractivity contribution is 9.10. The van der Waals surface area contributed by atoms with Gasteiger partial charge in [-0.05, 0) is 26.0 Å². The van der Waals surface area contributed by atoms with Gasteiger partial charge in [0.1, 0.15) is 17.2 Å². The van der Waals surface area contributed by atoms with E-state index in [9.17, 15) is 13.6 Å². The number of amides is 1. The summed E-state index contributed by atoms with van der Waals surface area (Å²) in [5, 5.41) is 0. The van der Waals surface area contributed by atoms with Gasteiger partial charge in [-0.1, -0.05) is 15.9 Å². The third-order valence-electron chi connectivity index (χ3n) is 2.27. The SMILES string of the molecule is CCN(CC)C(=O)c1c(F)cc(Br)cc1F. The Hall–Kier alpha value is -0.970. The third kappa shape index (κ3) is 2.58. The van der Waals surface area contributed by atoms with E-state index < -0.39 is 23.1 Å². The Bertz CT molecular complexity index is 382. The number of benzene rings is 1. The fourth-order valence-electron chi connectivity index (χ4n) is 1.42. The predicted octanol–water partition coefficient (Wildman–Crippen LogP) is 3.21. The first-order chi connectivity index (χ1) is 7.51. The Balaban J connectivity index is 3.18. The minimum absolute atomic E-state index is 0.276. The minimum Gasteiger partial charge on any atom is -0.339 e. The van der Waals surface area contributed by atoms with Gasteiger partial charge >= 0.3 is 0 Å². The lowest BCUT2D eigenvalue weighted by Crippen LogP contribution is -2.31. The summed E-state index contributed by atoms with van der Waals surface area (Å²) >= 11 is 2.96. The van der Waals surface area contributed by atoms with Crippen molar-refractivity contribution >= 4 is 21.8 Å². The molecule has 1 aromatic rings. The smallest absolute Gasteiger partial charge is 0.259 e. The normalized spacial score (nSPS) is 10.3. The van der Waals surface area contributed by atoms with Crippen molar-refractivity contribution in [3.63, 3.8) is 0 Å². The molecule has 0 aliphatic carbocycles. The van der Waals surface area contributed by atoms with Crippen LogP contribution in [0.5, 0.6) is 0 Å². The molecule has 0 atom stereocenters. The van der Waals surface area contributed by atoms with Crippen molar-refractivity contribution < 1.29 is 13.6 Å². The summed E-state index contributed by atoms with van der Waals surface area (Å²) in [5.41, 5.74) is -0.494. The van der Waals surface area contributed by atoms with Crippen LogP contribution in [0.25, 0.3) is 0 Å². The van der Waals surface area contributed by atoms with Crippen molar-refractivity contribution in [2.75, 3.05) is 13.1 Å². The molecule has 1 aromatic carbocycles. The molecule has 0 N–H and O–H groups in total. The van der Waals surface area contributed by atoms with Crippen molar-refractivity contribution in [2.24, 2.45) is 0 Å². The molecule has 0 spiro atoms. The third-order valence-corrected chi connectivity index (χ3v) is 2.73. The van der Waals surface area contributed by atoms with E-state index in [0.717, 1.165) is 12.1 Å². The van der Waals surface area contributed by atoms with Crippen molar-refractivity contribution in [3.05, 3.63) is 33.8 Å². The topological polar surface area (TPSA) is 20.3 Å². The van der Waals surface area contributed by atoms with E-state index in [1.807, 2.05) is 0 Å². The molecule has 0 unspecified atom stereocenters. The maximum Gasteiger partial charge on any atom is 0.259 e. The van der Waals surface area contributed by atoms with Crippen LogP contribution in [0.2, 0.25) is 0 Å². The molecule has 0 fully saturated rings. The second-order valence-corrected chi connectivity index (χ2v) is 4.14. The molecular weight excluding hydrogens is 280 g/mol. The van der Waals surface area contributed by atoms with Crippen LogP contribution in [0.1, 0.15) is 24.2 Å². The Morgan fingerprint density at radius 1 is 1.25 bits per heavy atom. The molecule has 0 aliphatic heterocycles. The van der Waals surface area contributed by atoms with E-state index in [1.165, 1.54) is 4.90 Å². The Morgan fingerprint density at radius 3 is 2.06 bits per heavy atom. The average Bonchev–Trinajstić information content (AvgIpc) is 2.17. The van der Waals surface area contributed by atoms with Crippen LogP contribution in [0.4, 0.5) is 8.78 Å². The summed E-state index contributed by atoms with van der Waals surface area (Å²) in [6, 6.07) is 2.17. The number of nitrogens with zero attached hydrogens (tertiary/aromatic N) is 1. The molecule has 0 heterocycles. The fourth-order valence-corrected chi connectivity index (χ4v) is 1.82. The van der Waals surface area contributed by atoms with E-state index in [0.29, 0.717) is 13.1 Å². The van der Waals surface area contributed by atoms with Gasteiger partial charge in [0, 0.05) is 17.6 Å². The van der Waals surface area contributed by atoms with E-state index in [-0.39, 0.29) is 4.47 Å². The lowest BCUT2D eigenvalue weighted by molar-refractivity contribution is 0.0763. The predicted molar refractivity (Wildman–Crippen MR) is 61.3 cm³/mol. The minimum atomic E-state index is -0.844. The standard InChI is InChI=1S/C11H12BrF2NO/c1-3-15(4-2)11(16)10-8(13)5-7(12)6-9(10)14/h5-6H,3-4H2,1-2H3. The maximum atomic E-state index is 13.5. The first-order valence-corrected chi connectivity index (χ1v) is 5.74. The summed E-state index contributed by atoms with van der Waals surface area (Å²) in [4.78, 5) is 13.2. The van der Waals surface area contributed by atoms with E-state index in [2.05, 4.69) is 15.9 Å². The maximum absolute atomic E-state index is 13.5. The van der Waals surface area contributed by atoms with Crippen LogP contribution >= 0.6 is 15.9 Å². The highest BCUT2D eigenvalue weighted by atomic mass is 79.9. The molecule has 16 heavy (non-hydrogen) atoms.